The first kappa shape index (κ1) is 15.6. The van der Waals surface area contributed by atoms with Crippen LogP contribution in [-0.2, 0) is 4.74 Å². The Morgan fingerprint density at radius 2 is 2.19 bits per heavy atom. The van der Waals surface area contributed by atoms with Gasteiger partial charge in [-0.3, -0.25) is 4.90 Å². The van der Waals surface area contributed by atoms with Crippen molar-refractivity contribution in [1.29, 1.82) is 5.26 Å². The second kappa shape index (κ2) is 7.87. The molecule has 2 rings (SSSR count). The maximum Gasteiger partial charge on any atom is 0.162 e. The Morgan fingerprint density at radius 1 is 1.33 bits per heavy atom. The van der Waals surface area contributed by atoms with E-state index in [2.05, 4.69) is 17.9 Å². The summed E-state index contributed by atoms with van der Waals surface area (Å²) in [6.45, 7) is 8.72. The molecule has 0 aliphatic carbocycles. The van der Waals surface area contributed by atoms with Gasteiger partial charge in [0.1, 0.15) is 12.7 Å². The molecule has 5 nitrogen and oxygen atoms in total. The van der Waals surface area contributed by atoms with Crippen LogP contribution in [-0.4, -0.2) is 50.5 Å². The highest BCUT2D eigenvalue weighted by Gasteiger charge is 2.20. The van der Waals surface area contributed by atoms with E-state index in [0.29, 0.717) is 30.3 Å². The summed E-state index contributed by atoms with van der Waals surface area (Å²) in [5, 5.41) is 8.94. The topological polar surface area (TPSA) is 54.7 Å². The van der Waals surface area contributed by atoms with Crippen LogP contribution in [0.15, 0.2) is 18.2 Å². The van der Waals surface area contributed by atoms with Gasteiger partial charge in [-0.2, -0.15) is 5.26 Å². The molecule has 1 heterocycles. The molecule has 1 aliphatic rings. The Labute approximate surface area is 126 Å². The van der Waals surface area contributed by atoms with Gasteiger partial charge in [-0.1, -0.05) is 6.92 Å². The largest absolute Gasteiger partial charge is 0.490 e. The van der Waals surface area contributed by atoms with Gasteiger partial charge in [0, 0.05) is 19.2 Å². The Hall–Kier alpha value is -1.77. The maximum atomic E-state index is 8.94. The molecular weight excluding hydrogens is 268 g/mol. The van der Waals surface area contributed by atoms with E-state index in [9.17, 15) is 0 Å². The molecule has 1 aromatic carbocycles. The highest BCUT2D eigenvalue weighted by molar-refractivity contribution is 5.46. The molecule has 0 N–H and O–H groups in total. The minimum atomic E-state index is 0.0730. The summed E-state index contributed by atoms with van der Waals surface area (Å²) in [5.74, 6) is 1.27. The molecule has 1 unspecified atom stereocenters. The average Bonchev–Trinajstić information content (AvgIpc) is 2.54. The minimum absolute atomic E-state index is 0.0730. The quantitative estimate of drug-likeness (QED) is 0.802. The summed E-state index contributed by atoms with van der Waals surface area (Å²) in [4.78, 5) is 2.35. The second-order valence-electron chi connectivity index (χ2n) is 4.90. The third-order valence-corrected chi connectivity index (χ3v) is 3.47. The molecule has 0 bridgehead atoms. The second-order valence-corrected chi connectivity index (χ2v) is 4.90. The van der Waals surface area contributed by atoms with Crippen LogP contribution in [0.2, 0.25) is 0 Å². The normalized spacial score (nSPS) is 19.0. The molecule has 1 atom stereocenters. The molecule has 21 heavy (non-hydrogen) atoms. The van der Waals surface area contributed by atoms with Crippen molar-refractivity contribution >= 4 is 0 Å². The Morgan fingerprint density at radius 3 is 2.90 bits per heavy atom. The molecule has 1 aliphatic heterocycles. The van der Waals surface area contributed by atoms with Gasteiger partial charge in [0.15, 0.2) is 11.5 Å². The molecule has 1 aromatic rings. The van der Waals surface area contributed by atoms with Crippen LogP contribution in [0.25, 0.3) is 0 Å². The van der Waals surface area contributed by atoms with Crippen LogP contribution < -0.4 is 9.47 Å². The number of rotatable bonds is 6. The monoisotopic (exact) mass is 290 g/mol. The van der Waals surface area contributed by atoms with Crippen molar-refractivity contribution in [1.82, 2.24) is 4.90 Å². The lowest BCUT2D eigenvalue weighted by Crippen LogP contribution is -2.44. The van der Waals surface area contributed by atoms with E-state index in [1.165, 1.54) is 0 Å². The van der Waals surface area contributed by atoms with Gasteiger partial charge in [-0.25, -0.2) is 0 Å². The van der Waals surface area contributed by atoms with Crippen LogP contribution in [0.5, 0.6) is 11.5 Å². The van der Waals surface area contributed by atoms with E-state index >= 15 is 0 Å². The summed E-state index contributed by atoms with van der Waals surface area (Å²) in [5.41, 5.74) is 0.567. The third kappa shape index (κ3) is 4.35. The summed E-state index contributed by atoms with van der Waals surface area (Å²) in [7, 11) is 0. The number of morpholine rings is 1. The number of benzene rings is 1. The van der Waals surface area contributed by atoms with E-state index in [1.807, 2.05) is 6.92 Å². The molecule has 114 valence electrons. The van der Waals surface area contributed by atoms with E-state index < -0.39 is 0 Å². The summed E-state index contributed by atoms with van der Waals surface area (Å²) < 4.78 is 17.1. The maximum absolute atomic E-state index is 8.94. The smallest absolute Gasteiger partial charge is 0.162 e. The van der Waals surface area contributed by atoms with E-state index in [0.717, 1.165) is 26.2 Å². The zero-order valence-corrected chi connectivity index (χ0v) is 12.7. The highest BCUT2D eigenvalue weighted by Crippen LogP contribution is 2.28. The van der Waals surface area contributed by atoms with Gasteiger partial charge in [0.05, 0.1) is 24.8 Å². The molecule has 0 spiro atoms. The lowest BCUT2D eigenvalue weighted by molar-refractivity contribution is -0.0467. The van der Waals surface area contributed by atoms with Crippen LogP contribution in [0.4, 0.5) is 0 Å². The first-order valence-corrected chi connectivity index (χ1v) is 7.40. The van der Waals surface area contributed by atoms with E-state index in [-0.39, 0.29) is 6.10 Å². The average molecular weight is 290 g/mol. The van der Waals surface area contributed by atoms with Crippen LogP contribution in [0.1, 0.15) is 19.4 Å². The molecule has 0 amide bonds. The first-order chi connectivity index (χ1) is 10.3. The lowest BCUT2D eigenvalue weighted by atomic mass is 10.2. The van der Waals surface area contributed by atoms with Crippen molar-refractivity contribution in [3.63, 3.8) is 0 Å². The molecule has 0 aromatic heterocycles. The fraction of sp³-hybridized carbons (Fsp3) is 0.562. The molecule has 1 saturated heterocycles. The summed E-state index contributed by atoms with van der Waals surface area (Å²) in [6.07, 6.45) is 0.0730. The molecule has 0 saturated carbocycles. The fourth-order valence-electron chi connectivity index (χ4n) is 2.32. The predicted molar refractivity (Wildman–Crippen MR) is 79.7 cm³/mol. The zero-order valence-electron chi connectivity index (χ0n) is 12.7. The van der Waals surface area contributed by atoms with Crippen molar-refractivity contribution in [3.05, 3.63) is 23.8 Å². The Bertz CT molecular complexity index is 499. The highest BCUT2D eigenvalue weighted by atomic mass is 16.5. The van der Waals surface area contributed by atoms with Crippen LogP contribution >= 0.6 is 0 Å². The number of ether oxygens (including phenoxy) is 3. The predicted octanol–water partition coefficient (Wildman–Crippen LogP) is 2.06. The standard InChI is InChI=1S/C16H22N2O3/c1-3-18-7-8-20-14(11-18)12-21-15-6-5-13(10-17)9-16(15)19-4-2/h5-6,9,14H,3-4,7-8,11-12H2,1-2H3. The van der Waals surface area contributed by atoms with Crippen molar-refractivity contribution in [2.45, 2.75) is 20.0 Å². The lowest BCUT2D eigenvalue weighted by Gasteiger charge is -2.31. The van der Waals surface area contributed by atoms with E-state index in [1.54, 1.807) is 18.2 Å². The van der Waals surface area contributed by atoms with Gasteiger partial charge in [0.25, 0.3) is 0 Å². The fourth-order valence-corrected chi connectivity index (χ4v) is 2.32. The van der Waals surface area contributed by atoms with Gasteiger partial charge in [-0.15, -0.1) is 0 Å². The zero-order chi connectivity index (χ0) is 15.1. The SMILES string of the molecule is CCOc1cc(C#N)ccc1OCC1CN(CC)CCO1. The van der Waals surface area contributed by atoms with Crippen molar-refractivity contribution in [3.8, 4) is 17.6 Å². The third-order valence-electron chi connectivity index (χ3n) is 3.47. The number of hydrogen-bond donors (Lipinski definition) is 0. The number of nitriles is 1. The van der Waals surface area contributed by atoms with E-state index in [4.69, 9.17) is 19.5 Å². The minimum Gasteiger partial charge on any atom is -0.490 e. The number of likely N-dealkylation sites (N-methyl/N-ethyl adjacent to an activating group) is 1. The molecule has 0 radical (unpaired) electrons. The number of nitrogens with zero attached hydrogens (tertiary/aromatic N) is 2. The van der Waals surface area contributed by atoms with Crippen LogP contribution in [0, 0.1) is 11.3 Å². The Balaban J connectivity index is 1.97. The van der Waals surface area contributed by atoms with Crippen LogP contribution in [0.3, 0.4) is 0 Å². The van der Waals surface area contributed by atoms with Gasteiger partial charge >= 0.3 is 0 Å². The van der Waals surface area contributed by atoms with Crippen molar-refractivity contribution < 1.29 is 14.2 Å². The molecule has 1 fully saturated rings. The molecule has 5 heteroatoms. The summed E-state index contributed by atoms with van der Waals surface area (Å²) in [6, 6.07) is 7.33. The van der Waals surface area contributed by atoms with Gasteiger partial charge in [-0.05, 0) is 25.6 Å². The molecular formula is C16H22N2O3. The Kier molecular flexibility index (Phi) is 5.85. The number of hydrogen-bond acceptors (Lipinski definition) is 5. The van der Waals surface area contributed by atoms with Crippen molar-refractivity contribution in [2.75, 3.05) is 39.5 Å². The first-order valence-electron chi connectivity index (χ1n) is 7.40. The summed E-state index contributed by atoms with van der Waals surface area (Å²) >= 11 is 0. The van der Waals surface area contributed by atoms with Crippen molar-refractivity contribution in [2.24, 2.45) is 0 Å². The van der Waals surface area contributed by atoms with Gasteiger partial charge in [0.2, 0.25) is 0 Å². The van der Waals surface area contributed by atoms with Gasteiger partial charge < -0.3 is 14.2 Å².